The van der Waals surface area contributed by atoms with Crippen molar-refractivity contribution in [1.29, 1.82) is 0 Å². The third kappa shape index (κ3) is 4.06. The van der Waals surface area contributed by atoms with Crippen LogP contribution in [0.4, 0.5) is 0 Å². The van der Waals surface area contributed by atoms with E-state index in [2.05, 4.69) is 4.98 Å². The Morgan fingerprint density at radius 1 is 1.00 bits per heavy atom. The van der Waals surface area contributed by atoms with Gasteiger partial charge in [0, 0.05) is 16.5 Å². The summed E-state index contributed by atoms with van der Waals surface area (Å²) >= 11 is 1.37. The number of benzene rings is 2. The van der Waals surface area contributed by atoms with Crippen LogP contribution in [0.3, 0.4) is 0 Å². The lowest BCUT2D eigenvalue weighted by Crippen LogP contribution is -2.15. The van der Waals surface area contributed by atoms with Crippen LogP contribution in [-0.4, -0.2) is 23.3 Å². The number of esters is 1. The molecular weight excluding hydrogens is 346 g/mol. The van der Waals surface area contributed by atoms with Crippen LogP contribution in [0.5, 0.6) is 0 Å². The third-order valence-electron chi connectivity index (χ3n) is 4.04. The van der Waals surface area contributed by atoms with Crippen LogP contribution in [0.2, 0.25) is 0 Å². The van der Waals surface area contributed by atoms with E-state index in [0.717, 1.165) is 27.3 Å². The molecule has 0 bridgehead atoms. The highest BCUT2D eigenvalue weighted by Crippen LogP contribution is 2.24. The summed E-state index contributed by atoms with van der Waals surface area (Å²) in [6, 6.07) is 13.6. The summed E-state index contributed by atoms with van der Waals surface area (Å²) in [5.41, 5.74) is 4.77. The Morgan fingerprint density at radius 3 is 2.42 bits per heavy atom. The highest BCUT2D eigenvalue weighted by Gasteiger charge is 2.16. The van der Waals surface area contributed by atoms with Gasteiger partial charge < -0.3 is 4.74 Å². The van der Waals surface area contributed by atoms with Gasteiger partial charge in [-0.2, -0.15) is 0 Å². The average Bonchev–Trinajstić information content (AvgIpc) is 3.12. The number of rotatable bonds is 5. The van der Waals surface area contributed by atoms with E-state index in [0.29, 0.717) is 5.56 Å². The van der Waals surface area contributed by atoms with Crippen LogP contribution in [0, 0.1) is 20.8 Å². The van der Waals surface area contributed by atoms with Gasteiger partial charge in [0.1, 0.15) is 5.01 Å². The average molecular weight is 365 g/mol. The highest BCUT2D eigenvalue weighted by atomic mass is 32.1. The predicted octanol–water partition coefficient (Wildman–Crippen LogP) is 4.78. The number of Topliss-reactive ketones (excluding diaryl/α,β-unsaturated/α-hetero) is 1. The maximum absolute atomic E-state index is 12.3. The number of aryl methyl sites for hydroxylation is 3. The number of aromatic nitrogens is 1. The number of thiazole rings is 1. The first-order chi connectivity index (χ1) is 12.4. The van der Waals surface area contributed by atoms with Crippen LogP contribution in [0.15, 0.2) is 47.8 Å². The molecule has 0 saturated heterocycles. The normalized spacial score (nSPS) is 10.6. The maximum Gasteiger partial charge on any atom is 0.358 e. The Morgan fingerprint density at radius 2 is 1.69 bits per heavy atom. The Balaban J connectivity index is 1.66. The summed E-state index contributed by atoms with van der Waals surface area (Å²) in [5.74, 6) is -0.799. The lowest BCUT2D eigenvalue weighted by atomic mass is 10.0. The fourth-order valence-corrected chi connectivity index (χ4v) is 3.31. The SMILES string of the molecule is Cc1ccc(-c2nc(C(=O)OCC(=O)c3cc(C)ccc3C)cs2)cc1. The smallest absolute Gasteiger partial charge is 0.358 e. The molecule has 0 unspecified atom stereocenters. The van der Waals surface area contributed by atoms with Gasteiger partial charge in [-0.1, -0.05) is 47.5 Å². The van der Waals surface area contributed by atoms with Gasteiger partial charge in [0.15, 0.2) is 12.3 Å². The first-order valence-corrected chi connectivity index (χ1v) is 9.12. The fourth-order valence-electron chi connectivity index (χ4n) is 2.52. The molecule has 1 aromatic heterocycles. The molecule has 0 atom stereocenters. The first kappa shape index (κ1) is 18.0. The molecule has 0 aliphatic carbocycles. The predicted molar refractivity (Wildman–Crippen MR) is 103 cm³/mol. The second kappa shape index (κ2) is 7.62. The van der Waals surface area contributed by atoms with Crippen LogP contribution in [-0.2, 0) is 4.74 Å². The second-order valence-electron chi connectivity index (χ2n) is 6.22. The van der Waals surface area contributed by atoms with E-state index < -0.39 is 5.97 Å². The number of hydrogen-bond donors (Lipinski definition) is 0. The molecule has 0 aliphatic heterocycles. The molecule has 0 spiro atoms. The van der Waals surface area contributed by atoms with E-state index in [-0.39, 0.29) is 18.1 Å². The summed E-state index contributed by atoms with van der Waals surface area (Å²) in [6.07, 6.45) is 0. The Bertz CT molecular complexity index is 958. The molecule has 0 saturated carbocycles. The molecule has 0 radical (unpaired) electrons. The molecule has 2 aromatic carbocycles. The minimum atomic E-state index is -0.585. The van der Waals surface area contributed by atoms with Gasteiger partial charge in [0.2, 0.25) is 5.78 Å². The Hall–Kier alpha value is -2.79. The van der Waals surface area contributed by atoms with Crippen LogP contribution >= 0.6 is 11.3 Å². The number of hydrogen-bond acceptors (Lipinski definition) is 5. The monoisotopic (exact) mass is 365 g/mol. The van der Waals surface area contributed by atoms with Crippen molar-refractivity contribution >= 4 is 23.1 Å². The standard InChI is InChI=1S/C21H19NO3S/c1-13-5-8-16(9-6-13)20-22-18(12-26-20)21(24)25-11-19(23)17-10-14(2)4-7-15(17)3/h4-10,12H,11H2,1-3H3. The van der Waals surface area contributed by atoms with E-state index in [1.165, 1.54) is 11.3 Å². The molecule has 0 fully saturated rings. The van der Waals surface area contributed by atoms with E-state index in [1.807, 2.05) is 63.2 Å². The summed E-state index contributed by atoms with van der Waals surface area (Å²) in [5, 5.41) is 2.40. The van der Waals surface area contributed by atoms with Crippen molar-refractivity contribution in [2.45, 2.75) is 20.8 Å². The highest BCUT2D eigenvalue weighted by molar-refractivity contribution is 7.13. The van der Waals surface area contributed by atoms with Crippen LogP contribution in [0.25, 0.3) is 10.6 Å². The number of carbonyl (C=O) groups is 2. The van der Waals surface area contributed by atoms with E-state index in [4.69, 9.17) is 4.74 Å². The van der Waals surface area contributed by atoms with Crippen molar-refractivity contribution in [3.8, 4) is 10.6 Å². The lowest BCUT2D eigenvalue weighted by Gasteiger charge is -2.06. The molecule has 132 valence electrons. The van der Waals surface area contributed by atoms with E-state index >= 15 is 0 Å². The van der Waals surface area contributed by atoms with Crippen molar-refractivity contribution in [3.63, 3.8) is 0 Å². The summed E-state index contributed by atoms with van der Waals surface area (Å²) < 4.78 is 5.16. The van der Waals surface area contributed by atoms with Crippen LogP contribution < -0.4 is 0 Å². The molecule has 0 amide bonds. The lowest BCUT2D eigenvalue weighted by molar-refractivity contribution is 0.0469. The second-order valence-corrected chi connectivity index (χ2v) is 7.08. The van der Waals surface area contributed by atoms with Crippen molar-refractivity contribution in [3.05, 3.63) is 75.8 Å². The fraction of sp³-hybridized carbons (Fsp3) is 0.190. The Labute approximate surface area is 156 Å². The van der Waals surface area contributed by atoms with Crippen molar-refractivity contribution < 1.29 is 14.3 Å². The van der Waals surface area contributed by atoms with E-state index in [1.54, 1.807) is 5.38 Å². The molecule has 26 heavy (non-hydrogen) atoms. The maximum atomic E-state index is 12.3. The van der Waals surface area contributed by atoms with Gasteiger partial charge in [0.05, 0.1) is 0 Å². The summed E-state index contributed by atoms with van der Waals surface area (Å²) in [6.45, 7) is 5.51. The summed E-state index contributed by atoms with van der Waals surface area (Å²) in [7, 11) is 0. The van der Waals surface area contributed by atoms with Crippen molar-refractivity contribution in [1.82, 2.24) is 4.98 Å². The third-order valence-corrected chi connectivity index (χ3v) is 4.93. The largest absolute Gasteiger partial charge is 0.453 e. The Kier molecular flexibility index (Phi) is 5.28. The number of nitrogens with zero attached hydrogens (tertiary/aromatic N) is 1. The molecular formula is C21H19NO3S. The molecule has 5 heteroatoms. The van der Waals surface area contributed by atoms with Gasteiger partial charge in [-0.15, -0.1) is 11.3 Å². The van der Waals surface area contributed by atoms with Crippen molar-refractivity contribution in [2.24, 2.45) is 0 Å². The first-order valence-electron chi connectivity index (χ1n) is 8.24. The quantitative estimate of drug-likeness (QED) is 0.482. The van der Waals surface area contributed by atoms with Gasteiger partial charge in [0.25, 0.3) is 0 Å². The molecule has 1 heterocycles. The van der Waals surface area contributed by atoms with Gasteiger partial charge in [-0.05, 0) is 32.4 Å². The van der Waals surface area contributed by atoms with Gasteiger partial charge in [-0.3, -0.25) is 4.79 Å². The van der Waals surface area contributed by atoms with Crippen molar-refractivity contribution in [2.75, 3.05) is 6.61 Å². The van der Waals surface area contributed by atoms with Gasteiger partial charge in [-0.25, -0.2) is 9.78 Å². The molecule has 3 aromatic rings. The molecule has 3 rings (SSSR count). The minimum Gasteiger partial charge on any atom is -0.453 e. The number of ketones is 1. The minimum absolute atomic E-state index is 0.214. The summed E-state index contributed by atoms with van der Waals surface area (Å²) in [4.78, 5) is 28.8. The number of ether oxygens (including phenoxy) is 1. The zero-order valence-electron chi connectivity index (χ0n) is 14.9. The van der Waals surface area contributed by atoms with E-state index in [9.17, 15) is 9.59 Å². The zero-order chi connectivity index (χ0) is 18.7. The molecule has 0 aliphatic rings. The van der Waals surface area contributed by atoms with Gasteiger partial charge >= 0.3 is 5.97 Å². The number of carbonyl (C=O) groups excluding carboxylic acids is 2. The van der Waals surface area contributed by atoms with Crippen LogP contribution in [0.1, 0.15) is 37.5 Å². The topological polar surface area (TPSA) is 56.3 Å². The molecule has 4 nitrogen and oxygen atoms in total. The molecule has 0 N–H and O–H groups in total. The zero-order valence-corrected chi connectivity index (χ0v) is 15.7.